The second-order valence-electron chi connectivity index (χ2n) is 9.44. The van der Waals surface area contributed by atoms with Gasteiger partial charge in [0, 0.05) is 0 Å². The molecule has 2 N–H and O–H groups in total. The van der Waals surface area contributed by atoms with E-state index in [0.717, 1.165) is 51.4 Å². The summed E-state index contributed by atoms with van der Waals surface area (Å²) in [6.45, 7) is 1.60. The Bertz CT molecular complexity index is 954. The predicted molar refractivity (Wildman–Crippen MR) is 148 cm³/mol. The molecule has 0 bridgehead atoms. The number of hydrogen-bond acceptors (Lipinski definition) is 2. The first-order valence-electron chi connectivity index (χ1n) is 12.5. The number of piperidine rings is 1. The van der Waals surface area contributed by atoms with Crippen LogP contribution in [0.3, 0.4) is 0 Å². The standard InChI is InChI=1S/C29H36ClN2OP/c30-34(26-13-5-1-6-14-26,27-15-7-2-8-16-27,28-17-9-3-10-18-28)24-12-4-11-19-29(33)32-22-20-25(31)21-23-32/h1-3,5-10,13-18,25H,4,11-12,19-24,31H2. The molecule has 180 valence electrons. The van der Waals surface area contributed by atoms with E-state index in [0.29, 0.717) is 6.42 Å². The normalized spacial score (nSPS) is 16.1. The molecule has 3 aromatic carbocycles. The molecule has 1 aliphatic heterocycles. The molecule has 4 rings (SSSR count). The number of hydrogen-bond donors (Lipinski definition) is 1. The second kappa shape index (κ2) is 11.0. The SMILES string of the molecule is NC1CCN(C(=O)CCCCCP(Cl)(c2ccccc2)(c2ccccc2)c2ccccc2)CC1. The second-order valence-corrected chi connectivity index (χ2v) is 16.0. The molecule has 0 aromatic heterocycles. The van der Waals surface area contributed by atoms with E-state index in [4.69, 9.17) is 17.0 Å². The first-order valence-corrected chi connectivity index (χ1v) is 15.8. The molecule has 0 radical (unpaired) electrons. The topological polar surface area (TPSA) is 46.3 Å². The molecule has 5 heteroatoms. The van der Waals surface area contributed by atoms with E-state index in [2.05, 4.69) is 91.0 Å². The van der Waals surface area contributed by atoms with Crippen molar-refractivity contribution in [1.82, 2.24) is 4.90 Å². The van der Waals surface area contributed by atoms with Crippen molar-refractivity contribution >= 4 is 39.0 Å². The van der Waals surface area contributed by atoms with Crippen LogP contribution in [0, 0.1) is 0 Å². The van der Waals surface area contributed by atoms with Crippen LogP contribution in [0.2, 0.25) is 0 Å². The number of carbonyl (C=O) groups is 1. The molecule has 0 saturated carbocycles. The van der Waals surface area contributed by atoms with Gasteiger partial charge in [-0.1, -0.05) is 0 Å². The van der Waals surface area contributed by atoms with Crippen molar-refractivity contribution in [2.45, 2.75) is 44.6 Å². The van der Waals surface area contributed by atoms with Crippen LogP contribution in [0.5, 0.6) is 0 Å². The fourth-order valence-corrected chi connectivity index (χ4v) is 11.5. The van der Waals surface area contributed by atoms with E-state index in [1.807, 2.05) is 4.90 Å². The van der Waals surface area contributed by atoms with E-state index in [-0.39, 0.29) is 11.9 Å². The van der Waals surface area contributed by atoms with Crippen LogP contribution in [-0.2, 0) is 4.79 Å². The fraction of sp³-hybridized carbons (Fsp3) is 0.345. The number of likely N-dealkylation sites (tertiary alicyclic amines) is 1. The Labute approximate surface area is 209 Å². The van der Waals surface area contributed by atoms with Gasteiger partial charge in [0.05, 0.1) is 0 Å². The zero-order valence-corrected chi connectivity index (χ0v) is 21.5. The molecule has 1 heterocycles. The molecule has 3 aromatic rings. The van der Waals surface area contributed by atoms with Crippen LogP contribution in [0.1, 0.15) is 38.5 Å². The molecular formula is C29H36ClN2OP. The van der Waals surface area contributed by atoms with E-state index in [1.165, 1.54) is 15.9 Å². The maximum absolute atomic E-state index is 12.7. The van der Waals surface area contributed by atoms with Gasteiger partial charge in [-0.05, 0) is 0 Å². The minimum atomic E-state index is -3.19. The van der Waals surface area contributed by atoms with Crippen LogP contribution in [-0.4, -0.2) is 36.1 Å². The Morgan fingerprint density at radius 1 is 0.765 bits per heavy atom. The number of nitrogens with two attached hydrogens (primary N) is 1. The molecule has 0 spiro atoms. The molecular weight excluding hydrogens is 459 g/mol. The summed E-state index contributed by atoms with van der Waals surface area (Å²) in [5.74, 6) is -2.92. The third kappa shape index (κ3) is 5.08. The molecule has 1 fully saturated rings. The number of rotatable bonds is 9. The molecule has 1 amide bonds. The average Bonchev–Trinajstić information content (AvgIpc) is 2.90. The monoisotopic (exact) mass is 494 g/mol. The first-order chi connectivity index (χ1) is 16.5. The molecule has 0 atom stereocenters. The molecule has 1 saturated heterocycles. The summed E-state index contributed by atoms with van der Waals surface area (Å²) in [4.78, 5) is 14.6. The Morgan fingerprint density at radius 3 is 1.65 bits per heavy atom. The van der Waals surface area contributed by atoms with Gasteiger partial charge in [-0.15, -0.1) is 0 Å². The third-order valence-corrected chi connectivity index (χ3v) is 14.8. The van der Waals surface area contributed by atoms with Crippen molar-refractivity contribution in [3.05, 3.63) is 91.0 Å². The van der Waals surface area contributed by atoms with Crippen LogP contribution < -0.4 is 21.6 Å². The van der Waals surface area contributed by atoms with Gasteiger partial charge < -0.3 is 0 Å². The summed E-state index contributed by atoms with van der Waals surface area (Å²) in [6.07, 6.45) is 6.15. The van der Waals surface area contributed by atoms with Crippen molar-refractivity contribution in [2.75, 3.05) is 19.3 Å². The predicted octanol–water partition coefficient (Wildman–Crippen LogP) is 5.18. The zero-order valence-electron chi connectivity index (χ0n) is 19.9. The number of amides is 1. The number of unbranched alkanes of at least 4 members (excludes halogenated alkanes) is 2. The van der Waals surface area contributed by atoms with Crippen LogP contribution in [0.4, 0.5) is 0 Å². The van der Waals surface area contributed by atoms with E-state index in [9.17, 15) is 4.79 Å². The van der Waals surface area contributed by atoms with Crippen LogP contribution >= 0.6 is 17.2 Å². The van der Waals surface area contributed by atoms with Gasteiger partial charge in [-0.25, -0.2) is 0 Å². The summed E-state index contributed by atoms with van der Waals surface area (Å²) >= 11 is 8.09. The van der Waals surface area contributed by atoms with Gasteiger partial charge in [0.15, 0.2) is 0 Å². The zero-order chi connectivity index (χ0) is 23.9. The van der Waals surface area contributed by atoms with Gasteiger partial charge >= 0.3 is 209 Å². The van der Waals surface area contributed by atoms with E-state index < -0.39 is 5.96 Å². The molecule has 34 heavy (non-hydrogen) atoms. The van der Waals surface area contributed by atoms with Crippen molar-refractivity contribution < 1.29 is 4.79 Å². The van der Waals surface area contributed by atoms with Crippen molar-refractivity contribution in [1.29, 1.82) is 0 Å². The minimum absolute atomic E-state index is 0.246. The van der Waals surface area contributed by atoms with Crippen molar-refractivity contribution in [2.24, 2.45) is 5.73 Å². The Kier molecular flexibility index (Phi) is 8.09. The van der Waals surface area contributed by atoms with Gasteiger partial charge in [-0.3, -0.25) is 0 Å². The average molecular weight is 495 g/mol. The van der Waals surface area contributed by atoms with Crippen LogP contribution in [0.25, 0.3) is 0 Å². The maximum atomic E-state index is 12.7. The van der Waals surface area contributed by atoms with Gasteiger partial charge in [0.1, 0.15) is 0 Å². The molecule has 0 unspecified atom stereocenters. The van der Waals surface area contributed by atoms with Crippen LogP contribution in [0.15, 0.2) is 91.0 Å². The van der Waals surface area contributed by atoms with Gasteiger partial charge in [0.25, 0.3) is 0 Å². The Balaban J connectivity index is 1.54. The van der Waals surface area contributed by atoms with Crippen molar-refractivity contribution in [3.63, 3.8) is 0 Å². The third-order valence-electron chi connectivity index (χ3n) is 7.24. The number of benzene rings is 3. The quantitative estimate of drug-likeness (QED) is 0.329. The van der Waals surface area contributed by atoms with Gasteiger partial charge in [-0.2, -0.15) is 0 Å². The number of halogens is 1. The summed E-state index contributed by atoms with van der Waals surface area (Å²) in [7, 11) is 0. The first kappa shape index (κ1) is 24.9. The Hall–Kier alpha value is -2.19. The number of nitrogens with zero attached hydrogens (tertiary/aromatic N) is 1. The number of carbonyl (C=O) groups excluding carboxylic acids is 1. The van der Waals surface area contributed by atoms with E-state index >= 15 is 0 Å². The molecule has 3 nitrogen and oxygen atoms in total. The summed E-state index contributed by atoms with van der Waals surface area (Å²) in [5, 5.41) is 3.61. The fourth-order valence-electron chi connectivity index (χ4n) is 5.22. The summed E-state index contributed by atoms with van der Waals surface area (Å²) < 4.78 is 0. The summed E-state index contributed by atoms with van der Waals surface area (Å²) in [6, 6.07) is 32.1. The molecule has 1 aliphatic rings. The summed E-state index contributed by atoms with van der Waals surface area (Å²) in [5.41, 5.74) is 5.99. The molecule has 0 aliphatic carbocycles. The van der Waals surface area contributed by atoms with E-state index in [1.54, 1.807) is 0 Å². The Morgan fingerprint density at radius 2 is 1.21 bits per heavy atom. The van der Waals surface area contributed by atoms with Crippen molar-refractivity contribution in [3.8, 4) is 0 Å². The van der Waals surface area contributed by atoms with Gasteiger partial charge in [0.2, 0.25) is 0 Å².